The molecule has 0 aliphatic carbocycles. The maximum atomic E-state index is 10.8. The number of rotatable bonds is 3. The van der Waals surface area contributed by atoms with Crippen molar-refractivity contribution in [3.8, 4) is 5.75 Å². The molecule has 74 valence electrons. The summed E-state index contributed by atoms with van der Waals surface area (Å²) in [6.45, 7) is 0. The second-order valence-corrected chi connectivity index (χ2v) is 2.60. The average Bonchev–Trinajstić information content (AvgIpc) is 2.26. The molecule has 0 N–H and O–H groups in total. The Kier molecular flexibility index (Phi) is 3.73. The van der Waals surface area contributed by atoms with E-state index in [1.807, 2.05) is 24.3 Å². The smallest absolute Gasteiger partial charge is 0.330 e. The van der Waals surface area contributed by atoms with Gasteiger partial charge in [-0.05, 0) is 12.1 Å². The molecule has 0 aliphatic rings. The van der Waals surface area contributed by atoms with E-state index in [-0.39, 0.29) is 5.97 Å². The molecule has 0 amide bonds. The highest BCUT2D eigenvalue weighted by atomic mass is 16.5. The normalized spacial score (nSPS) is 10.1. The van der Waals surface area contributed by atoms with Crippen molar-refractivity contribution in [1.82, 2.24) is 0 Å². The van der Waals surface area contributed by atoms with E-state index in [1.165, 1.54) is 13.2 Å². The summed E-state index contributed by atoms with van der Waals surface area (Å²) in [5.41, 5.74) is 0.848. The molecule has 0 heterocycles. The zero-order valence-corrected chi connectivity index (χ0v) is 8.19. The number of ether oxygens (including phenoxy) is 2. The predicted octanol–water partition coefficient (Wildman–Crippen LogP) is 1.88. The van der Waals surface area contributed by atoms with E-state index in [2.05, 4.69) is 4.74 Å². The van der Waals surface area contributed by atoms with E-state index in [0.29, 0.717) is 0 Å². The first kappa shape index (κ1) is 10.3. The molecule has 1 rings (SSSR count). The van der Waals surface area contributed by atoms with Gasteiger partial charge in [0.05, 0.1) is 14.2 Å². The van der Waals surface area contributed by atoms with E-state index in [1.54, 1.807) is 13.2 Å². The number of carbonyl (C=O) groups is 1. The van der Waals surface area contributed by atoms with Gasteiger partial charge in [-0.15, -0.1) is 0 Å². The summed E-state index contributed by atoms with van der Waals surface area (Å²) >= 11 is 0. The third-order valence-corrected chi connectivity index (χ3v) is 1.74. The van der Waals surface area contributed by atoms with Gasteiger partial charge in [-0.2, -0.15) is 0 Å². The van der Waals surface area contributed by atoms with Crippen molar-refractivity contribution < 1.29 is 14.3 Å². The largest absolute Gasteiger partial charge is 0.496 e. The summed E-state index contributed by atoms with van der Waals surface area (Å²) in [6.07, 6.45) is 3.02. The first-order chi connectivity index (χ1) is 6.77. The van der Waals surface area contributed by atoms with Crippen molar-refractivity contribution in [2.45, 2.75) is 0 Å². The van der Waals surface area contributed by atoms with Gasteiger partial charge in [-0.1, -0.05) is 18.2 Å². The molecule has 0 bridgehead atoms. The molecule has 0 spiro atoms. The molecule has 0 fully saturated rings. The molecule has 1 aromatic carbocycles. The van der Waals surface area contributed by atoms with Crippen LogP contribution in [-0.2, 0) is 9.53 Å². The van der Waals surface area contributed by atoms with Gasteiger partial charge in [-0.3, -0.25) is 0 Å². The Morgan fingerprint density at radius 2 is 2.00 bits per heavy atom. The summed E-state index contributed by atoms with van der Waals surface area (Å²) in [6, 6.07) is 7.43. The molecule has 0 saturated heterocycles. The van der Waals surface area contributed by atoms with Gasteiger partial charge < -0.3 is 9.47 Å². The molecule has 3 nitrogen and oxygen atoms in total. The summed E-state index contributed by atoms with van der Waals surface area (Å²) in [5, 5.41) is 0. The van der Waals surface area contributed by atoms with Gasteiger partial charge in [0.15, 0.2) is 0 Å². The fraction of sp³-hybridized carbons (Fsp3) is 0.182. The van der Waals surface area contributed by atoms with Crippen LogP contribution < -0.4 is 4.74 Å². The molecular formula is C11H12O3. The number of methoxy groups -OCH3 is 2. The minimum Gasteiger partial charge on any atom is -0.496 e. The fourth-order valence-electron chi connectivity index (χ4n) is 1.03. The second-order valence-electron chi connectivity index (χ2n) is 2.60. The molecule has 14 heavy (non-hydrogen) atoms. The molecule has 0 aliphatic heterocycles. The van der Waals surface area contributed by atoms with Crippen molar-refractivity contribution in [3.63, 3.8) is 0 Å². The van der Waals surface area contributed by atoms with Crippen LogP contribution in [0.25, 0.3) is 6.08 Å². The van der Waals surface area contributed by atoms with Crippen LogP contribution in [0.4, 0.5) is 0 Å². The van der Waals surface area contributed by atoms with Crippen LogP contribution in [0.1, 0.15) is 5.56 Å². The summed E-state index contributed by atoms with van der Waals surface area (Å²) in [4.78, 5) is 10.8. The van der Waals surface area contributed by atoms with E-state index in [4.69, 9.17) is 4.74 Å². The second kappa shape index (κ2) is 5.07. The van der Waals surface area contributed by atoms with Gasteiger partial charge in [0.25, 0.3) is 0 Å². The molecule has 1 aromatic rings. The number of hydrogen-bond acceptors (Lipinski definition) is 3. The summed E-state index contributed by atoms with van der Waals surface area (Å²) < 4.78 is 9.59. The molecule has 0 unspecified atom stereocenters. The monoisotopic (exact) mass is 192 g/mol. The Morgan fingerprint density at radius 1 is 1.29 bits per heavy atom. The van der Waals surface area contributed by atoms with Crippen molar-refractivity contribution >= 4 is 12.0 Å². The lowest BCUT2D eigenvalue weighted by molar-refractivity contribution is -0.134. The Balaban J connectivity index is 2.85. The van der Waals surface area contributed by atoms with E-state index >= 15 is 0 Å². The van der Waals surface area contributed by atoms with Crippen LogP contribution >= 0.6 is 0 Å². The molecule has 0 aromatic heterocycles. The third-order valence-electron chi connectivity index (χ3n) is 1.74. The van der Waals surface area contributed by atoms with Crippen LogP contribution in [0.2, 0.25) is 0 Å². The van der Waals surface area contributed by atoms with Crippen molar-refractivity contribution in [3.05, 3.63) is 35.9 Å². The molecule has 0 atom stereocenters. The summed E-state index contributed by atoms with van der Waals surface area (Å²) in [7, 11) is 2.93. The maximum absolute atomic E-state index is 10.8. The molecular weight excluding hydrogens is 180 g/mol. The highest BCUT2D eigenvalue weighted by Crippen LogP contribution is 2.18. The highest BCUT2D eigenvalue weighted by molar-refractivity contribution is 5.87. The highest BCUT2D eigenvalue weighted by Gasteiger charge is 1.97. The topological polar surface area (TPSA) is 35.5 Å². The first-order valence-corrected chi connectivity index (χ1v) is 4.17. The number of hydrogen-bond donors (Lipinski definition) is 0. The van der Waals surface area contributed by atoms with E-state index in [0.717, 1.165) is 11.3 Å². The van der Waals surface area contributed by atoms with Crippen molar-refractivity contribution in [2.75, 3.05) is 14.2 Å². The SMILES string of the molecule is COC(=O)/C=C/c1ccccc1OC. The van der Waals surface area contributed by atoms with Crippen molar-refractivity contribution in [2.24, 2.45) is 0 Å². The van der Waals surface area contributed by atoms with Crippen LogP contribution in [0.5, 0.6) is 5.75 Å². The van der Waals surface area contributed by atoms with Crippen LogP contribution in [0, 0.1) is 0 Å². The third kappa shape index (κ3) is 2.62. The minimum absolute atomic E-state index is 0.379. The summed E-state index contributed by atoms with van der Waals surface area (Å²) in [5.74, 6) is 0.351. The molecule has 3 heteroatoms. The van der Waals surface area contributed by atoms with Gasteiger partial charge in [0.1, 0.15) is 5.75 Å². The number of esters is 1. The Bertz CT molecular complexity index is 342. The number of benzene rings is 1. The standard InChI is InChI=1S/C11H12O3/c1-13-10-6-4-3-5-9(10)7-8-11(12)14-2/h3-8H,1-2H3/b8-7+. The minimum atomic E-state index is -0.379. The number of para-hydroxylation sites is 1. The molecule has 0 saturated carbocycles. The average molecular weight is 192 g/mol. The molecule has 0 radical (unpaired) electrons. The fourth-order valence-corrected chi connectivity index (χ4v) is 1.03. The Labute approximate surface area is 83.0 Å². The van der Waals surface area contributed by atoms with E-state index < -0.39 is 0 Å². The zero-order chi connectivity index (χ0) is 10.4. The van der Waals surface area contributed by atoms with Gasteiger partial charge in [0, 0.05) is 11.6 Å². The lowest BCUT2D eigenvalue weighted by Crippen LogP contribution is -1.93. The predicted molar refractivity (Wildman–Crippen MR) is 54.0 cm³/mol. The Morgan fingerprint density at radius 3 is 2.64 bits per heavy atom. The lowest BCUT2D eigenvalue weighted by Gasteiger charge is -2.02. The van der Waals surface area contributed by atoms with Crippen molar-refractivity contribution in [1.29, 1.82) is 0 Å². The van der Waals surface area contributed by atoms with Crippen LogP contribution in [-0.4, -0.2) is 20.2 Å². The first-order valence-electron chi connectivity index (χ1n) is 4.17. The zero-order valence-electron chi connectivity index (χ0n) is 8.19. The number of carbonyl (C=O) groups excluding carboxylic acids is 1. The van der Waals surface area contributed by atoms with Crippen LogP contribution in [0.15, 0.2) is 30.3 Å². The van der Waals surface area contributed by atoms with Gasteiger partial charge in [0.2, 0.25) is 0 Å². The quantitative estimate of drug-likeness (QED) is 0.542. The Hall–Kier alpha value is -1.77. The van der Waals surface area contributed by atoms with Gasteiger partial charge in [-0.25, -0.2) is 4.79 Å². The lowest BCUT2D eigenvalue weighted by atomic mass is 10.2. The van der Waals surface area contributed by atoms with Crippen LogP contribution in [0.3, 0.4) is 0 Å². The van der Waals surface area contributed by atoms with Gasteiger partial charge >= 0.3 is 5.97 Å². The van der Waals surface area contributed by atoms with E-state index in [9.17, 15) is 4.79 Å². The maximum Gasteiger partial charge on any atom is 0.330 e.